The minimum atomic E-state index is -0.115. The summed E-state index contributed by atoms with van der Waals surface area (Å²) in [6, 6.07) is 7.75. The standard InChI is InChI=1S/C9H11N3S/c10-6(5-13)9-11-7-3-1-2-4-8(7)12-9/h1-4,6,13H,5,10H2,(H,11,12). The van der Waals surface area contributed by atoms with E-state index in [9.17, 15) is 0 Å². The highest BCUT2D eigenvalue weighted by molar-refractivity contribution is 7.80. The Morgan fingerprint density at radius 1 is 1.46 bits per heavy atom. The fourth-order valence-electron chi connectivity index (χ4n) is 1.23. The van der Waals surface area contributed by atoms with Crippen LogP contribution in [-0.4, -0.2) is 15.7 Å². The number of fused-ring (bicyclic) bond motifs is 1. The lowest BCUT2D eigenvalue weighted by Crippen LogP contribution is -2.13. The van der Waals surface area contributed by atoms with E-state index in [-0.39, 0.29) is 6.04 Å². The topological polar surface area (TPSA) is 54.7 Å². The zero-order valence-corrected chi connectivity index (χ0v) is 7.96. The summed E-state index contributed by atoms with van der Waals surface area (Å²) in [6.45, 7) is 0. The molecule has 68 valence electrons. The number of aromatic amines is 1. The van der Waals surface area contributed by atoms with Crippen molar-refractivity contribution in [3.8, 4) is 0 Å². The van der Waals surface area contributed by atoms with Gasteiger partial charge in [0.15, 0.2) is 0 Å². The minimum absolute atomic E-state index is 0.115. The largest absolute Gasteiger partial charge is 0.341 e. The van der Waals surface area contributed by atoms with Crippen LogP contribution >= 0.6 is 12.6 Å². The monoisotopic (exact) mass is 193 g/mol. The van der Waals surface area contributed by atoms with E-state index >= 15 is 0 Å². The molecule has 0 aliphatic carbocycles. The first-order valence-corrected chi connectivity index (χ1v) is 4.75. The molecule has 1 aromatic carbocycles. The molecule has 13 heavy (non-hydrogen) atoms. The Morgan fingerprint density at radius 2 is 2.23 bits per heavy atom. The van der Waals surface area contributed by atoms with E-state index in [1.54, 1.807) is 0 Å². The van der Waals surface area contributed by atoms with Crippen LogP contribution in [0.5, 0.6) is 0 Å². The van der Waals surface area contributed by atoms with Crippen LogP contribution in [0.2, 0.25) is 0 Å². The van der Waals surface area contributed by atoms with E-state index in [0.717, 1.165) is 16.9 Å². The summed E-state index contributed by atoms with van der Waals surface area (Å²) in [4.78, 5) is 7.52. The Bertz CT molecular complexity index is 377. The van der Waals surface area contributed by atoms with Gasteiger partial charge in [0, 0.05) is 5.75 Å². The summed E-state index contributed by atoms with van der Waals surface area (Å²) in [7, 11) is 0. The van der Waals surface area contributed by atoms with Gasteiger partial charge in [-0.2, -0.15) is 12.6 Å². The second-order valence-electron chi connectivity index (χ2n) is 2.93. The number of aromatic nitrogens is 2. The average molecular weight is 193 g/mol. The number of H-pyrrole nitrogens is 1. The second kappa shape index (κ2) is 3.40. The Balaban J connectivity index is 2.49. The average Bonchev–Trinajstić information content (AvgIpc) is 2.59. The van der Waals surface area contributed by atoms with Gasteiger partial charge in [0.25, 0.3) is 0 Å². The number of para-hydroxylation sites is 2. The lowest BCUT2D eigenvalue weighted by molar-refractivity contribution is 0.773. The minimum Gasteiger partial charge on any atom is -0.341 e. The number of nitrogens with zero attached hydrogens (tertiary/aromatic N) is 1. The molecule has 1 aromatic heterocycles. The van der Waals surface area contributed by atoms with Crippen LogP contribution in [-0.2, 0) is 0 Å². The van der Waals surface area contributed by atoms with Gasteiger partial charge in [-0.1, -0.05) is 12.1 Å². The molecule has 3 nitrogen and oxygen atoms in total. The SMILES string of the molecule is NC(CS)c1nc2ccccc2[nH]1. The number of rotatable bonds is 2. The molecule has 1 atom stereocenters. The molecule has 0 fully saturated rings. The first kappa shape index (κ1) is 8.59. The molecule has 2 aromatic rings. The number of benzene rings is 1. The van der Waals surface area contributed by atoms with Crippen LogP contribution in [0.3, 0.4) is 0 Å². The molecule has 4 heteroatoms. The van der Waals surface area contributed by atoms with Gasteiger partial charge in [-0.3, -0.25) is 0 Å². The van der Waals surface area contributed by atoms with Crippen LogP contribution in [0, 0.1) is 0 Å². The maximum absolute atomic E-state index is 5.79. The fourth-order valence-corrected chi connectivity index (χ4v) is 1.41. The molecule has 0 bridgehead atoms. The van der Waals surface area contributed by atoms with Gasteiger partial charge in [-0.15, -0.1) is 0 Å². The summed E-state index contributed by atoms with van der Waals surface area (Å²) < 4.78 is 0. The fraction of sp³-hybridized carbons (Fsp3) is 0.222. The van der Waals surface area contributed by atoms with Crippen molar-refractivity contribution >= 4 is 23.7 Å². The van der Waals surface area contributed by atoms with Gasteiger partial charge in [0.1, 0.15) is 5.82 Å². The van der Waals surface area contributed by atoms with Crippen molar-refractivity contribution in [2.75, 3.05) is 5.75 Å². The van der Waals surface area contributed by atoms with Crippen LogP contribution in [0.4, 0.5) is 0 Å². The molecule has 0 radical (unpaired) electrons. The van der Waals surface area contributed by atoms with E-state index in [1.807, 2.05) is 24.3 Å². The predicted octanol–water partition coefficient (Wildman–Crippen LogP) is 1.49. The molecule has 0 spiro atoms. The molecule has 1 unspecified atom stereocenters. The summed E-state index contributed by atoms with van der Waals surface area (Å²) in [5.74, 6) is 1.40. The van der Waals surface area contributed by atoms with Crippen LogP contribution in [0.1, 0.15) is 11.9 Å². The molecule has 1 heterocycles. The van der Waals surface area contributed by atoms with E-state index in [2.05, 4.69) is 22.6 Å². The molecular weight excluding hydrogens is 182 g/mol. The van der Waals surface area contributed by atoms with Crippen molar-refractivity contribution in [1.29, 1.82) is 0 Å². The van der Waals surface area contributed by atoms with Crippen molar-refractivity contribution < 1.29 is 0 Å². The molecule has 0 saturated heterocycles. The summed E-state index contributed by atoms with van der Waals surface area (Å²) >= 11 is 4.12. The highest BCUT2D eigenvalue weighted by atomic mass is 32.1. The lowest BCUT2D eigenvalue weighted by atomic mass is 10.3. The maximum atomic E-state index is 5.79. The molecule has 0 aliphatic heterocycles. The Labute approximate surface area is 81.8 Å². The zero-order chi connectivity index (χ0) is 9.26. The quantitative estimate of drug-likeness (QED) is 0.633. The first-order chi connectivity index (χ1) is 6.31. The summed E-state index contributed by atoms with van der Waals surface area (Å²) in [5.41, 5.74) is 7.76. The van der Waals surface area contributed by atoms with Crippen molar-refractivity contribution in [3.05, 3.63) is 30.1 Å². The lowest BCUT2D eigenvalue weighted by Gasteiger charge is -2.01. The van der Waals surface area contributed by atoms with E-state index in [0.29, 0.717) is 5.75 Å². The van der Waals surface area contributed by atoms with Crippen LogP contribution < -0.4 is 5.73 Å². The zero-order valence-electron chi connectivity index (χ0n) is 7.07. The van der Waals surface area contributed by atoms with Gasteiger partial charge in [0.05, 0.1) is 17.1 Å². The molecule has 0 aliphatic rings. The Kier molecular flexibility index (Phi) is 2.24. The van der Waals surface area contributed by atoms with Crippen LogP contribution in [0.15, 0.2) is 24.3 Å². The van der Waals surface area contributed by atoms with E-state index in [4.69, 9.17) is 5.73 Å². The molecule has 3 N–H and O–H groups in total. The first-order valence-electron chi connectivity index (χ1n) is 4.12. The normalized spacial score (nSPS) is 13.4. The number of imidazole rings is 1. The van der Waals surface area contributed by atoms with Gasteiger partial charge < -0.3 is 10.7 Å². The summed E-state index contributed by atoms with van der Waals surface area (Å²) in [5, 5.41) is 0. The second-order valence-corrected chi connectivity index (χ2v) is 3.29. The van der Waals surface area contributed by atoms with Gasteiger partial charge in [-0.05, 0) is 12.1 Å². The van der Waals surface area contributed by atoms with Gasteiger partial charge in [-0.25, -0.2) is 4.98 Å². The molecule has 2 rings (SSSR count). The third-order valence-corrected chi connectivity index (χ3v) is 2.35. The van der Waals surface area contributed by atoms with E-state index in [1.165, 1.54) is 0 Å². The van der Waals surface area contributed by atoms with E-state index < -0.39 is 0 Å². The molecule has 0 amide bonds. The van der Waals surface area contributed by atoms with Crippen molar-refractivity contribution in [1.82, 2.24) is 9.97 Å². The summed E-state index contributed by atoms with van der Waals surface area (Å²) in [6.07, 6.45) is 0. The Morgan fingerprint density at radius 3 is 2.92 bits per heavy atom. The van der Waals surface area contributed by atoms with Crippen LogP contribution in [0.25, 0.3) is 11.0 Å². The maximum Gasteiger partial charge on any atom is 0.125 e. The third kappa shape index (κ3) is 1.55. The number of hydrogen-bond donors (Lipinski definition) is 3. The number of nitrogens with one attached hydrogen (secondary N) is 1. The predicted molar refractivity (Wildman–Crippen MR) is 56.9 cm³/mol. The highest BCUT2D eigenvalue weighted by Crippen LogP contribution is 2.14. The Hall–Kier alpha value is -1.00. The smallest absolute Gasteiger partial charge is 0.125 e. The number of thiol groups is 1. The number of hydrogen-bond acceptors (Lipinski definition) is 3. The van der Waals surface area contributed by atoms with Crippen molar-refractivity contribution in [2.45, 2.75) is 6.04 Å². The number of nitrogens with two attached hydrogens (primary N) is 1. The van der Waals surface area contributed by atoms with Crippen molar-refractivity contribution in [2.24, 2.45) is 5.73 Å². The third-order valence-electron chi connectivity index (χ3n) is 1.96. The molecule has 0 saturated carbocycles. The van der Waals surface area contributed by atoms with Crippen molar-refractivity contribution in [3.63, 3.8) is 0 Å². The van der Waals surface area contributed by atoms with Gasteiger partial charge >= 0.3 is 0 Å². The highest BCUT2D eigenvalue weighted by Gasteiger charge is 2.08. The van der Waals surface area contributed by atoms with Gasteiger partial charge in [0.2, 0.25) is 0 Å². The molecular formula is C9H11N3S.